The van der Waals surface area contributed by atoms with Gasteiger partial charge < -0.3 is 9.88 Å². The van der Waals surface area contributed by atoms with Gasteiger partial charge >= 0.3 is 5.69 Å². The van der Waals surface area contributed by atoms with Crippen LogP contribution in [0, 0.1) is 5.92 Å². The van der Waals surface area contributed by atoms with Gasteiger partial charge in [0.05, 0.1) is 0 Å². The molecule has 2 rings (SSSR count). The third kappa shape index (κ3) is 2.72. The van der Waals surface area contributed by atoms with Gasteiger partial charge in [-0.1, -0.05) is 0 Å². The zero-order valence-corrected chi connectivity index (χ0v) is 11.1. The minimum atomic E-state index is -0.259. The number of piperidine rings is 1. The fourth-order valence-corrected chi connectivity index (χ4v) is 2.58. The van der Waals surface area contributed by atoms with Crippen LogP contribution < -0.4 is 16.6 Å². The molecule has 1 saturated heterocycles. The Morgan fingerprint density at radius 2 is 1.94 bits per heavy atom. The van der Waals surface area contributed by atoms with E-state index in [1.54, 1.807) is 20.3 Å². The molecule has 0 amide bonds. The van der Waals surface area contributed by atoms with Crippen molar-refractivity contribution in [1.29, 1.82) is 0 Å². The van der Waals surface area contributed by atoms with Crippen LogP contribution in [0.2, 0.25) is 0 Å². The summed E-state index contributed by atoms with van der Waals surface area (Å²) in [5.74, 6) is 0.702. The Kier molecular flexibility index (Phi) is 4.01. The zero-order valence-electron chi connectivity index (χ0n) is 11.1. The van der Waals surface area contributed by atoms with E-state index in [0.29, 0.717) is 5.92 Å². The van der Waals surface area contributed by atoms with E-state index in [0.717, 1.165) is 31.5 Å². The van der Waals surface area contributed by atoms with Crippen molar-refractivity contribution in [3.8, 4) is 0 Å². The summed E-state index contributed by atoms with van der Waals surface area (Å²) >= 11 is 0. The third-order valence-corrected chi connectivity index (χ3v) is 3.80. The summed E-state index contributed by atoms with van der Waals surface area (Å²) in [6, 6.07) is 0. The van der Waals surface area contributed by atoms with Crippen LogP contribution in [-0.2, 0) is 20.5 Å². The number of rotatable bonds is 3. The maximum absolute atomic E-state index is 12.0. The molecule has 0 saturated carbocycles. The Morgan fingerprint density at radius 1 is 1.28 bits per heavy atom. The molecule has 1 aliphatic heterocycles. The lowest BCUT2D eigenvalue weighted by Gasteiger charge is -2.22. The molecule has 1 aliphatic rings. The third-order valence-electron chi connectivity index (χ3n) is 3.80. The van der Waals surface area contributed by atoms with E-state index in [-0.39, 0.29) is 11.2 Å². The molecule has 100 valence electrons. The summed E-state index contributed by atoms with van der Waals surface area (Å²) in [5.41, 5.74) is 0.343. The van der Waals surface area contributed by atoms with Crippen molar-refractivity contribution in [3.63, 3.8) is 0 Å². The van der Waals surface area contributed by atoms with E-state index < -0.39 is 0 Å². The number of aromatic nitrogens is 2. The van der Waals surface area contributed by atoms with E-state index in [2.05, 4.69) is 5.32 Å². The number of nitrogens with one attached hydrogen (secondary N) is 1. The highest BCUT2D eigenvalue weighted by molar-refractivity contribution is 5.05. The number of hydrogen-bond acceptors (Lipinski definition) is 3. The minimum Gasteiger partial charge on any atom is -0.317 e. The van der Waals surface area contributed by atoms with E-state index in [9.17, 15) is 9.59 Å². The first kappa shape index (κ1) is 13.1. The summed E-state index contributed by atoms with van der Waals surface area (Å²) in [6.45, 7) is 2.16. The summed E-state index contributed by atoms with van der Waals surface area (Å²) in [4.78, 5) is 23.5. The van der Waals surface area contributed by atoms with Crippen molar-refractivity contribution < 1.29 is 0 Å². The first-order chi connectivity index (χ1) is 8.59. The van der Waals surface area contributed by atoms with Gasteiger partial charge in [-0.3, -0.25) is 9.36 Å². The van der Waals surface area contributed by atoms with Gasteiger partial charge in [-0.05, 0) is 44.7 Å². The minimum absolute atomic E-state index is 0.146. The predicted octanol–water partition coefficient (Wildman–Crippen LogP) is 0.0162. The van der Waals surface area contributed by atoms with E-state index in [1.165, 1.54) is 22.0 Å². The van der Waals surface area contributed by atoms with Crippen LogP contribution in [0.5, 0.6) is 0 Å². The highest BCUT2D eigenvalue weighted by Gasteiger charge is 2.14. The molecule has 0 spiro atoms. The monoisotopic (exact) mass is 251 g/mol. The molecule has 0 aliphatic carbocycles. The highest BCUT2D eigenvalue weighted by Crippen LogP contribution is 2.17. The average Bonchev–Trinajstić information content (AvgIpc) is 2.40. The van der Waals surface area contributed by atoms with Gasteiger partial charge in [0.25, 0.3) is 5.56 Å². The van der Waals surface area contributed by atoms with Crippen LogP contribution in [0.15, 0.2) is 15.8 Å². The van der Waals surface area contributed by atoms with Crippen molar-refractivity contribution in [2.24, 2.45) is 20.0 Å². The van der Waals surface area contributed by atoms with Gasteiger partial charge in [0.1, 0.15) is 0 Å². The smallest absolute Gasteiger partial charge is 0.317 e. The first-order valence-electron chi connectivity index (χ1n) is 6.56. The molecule has 0 atom stereocenters. The average molecular weight is 251 g/mol. The molecule has 18 heavy (non-hydrogen) atoms. The highest BCUT2D eigenvalue weighted by atomic mass is 16.2. The zero-order chi connectivity index (χ0) is 13.1. The van der Waals surface area contributed by atoms with Crippen molar-refractivity contribution in [2.45, 2.75) is 25.7 Å². The fourth-order valence-electron chi connectivity index (χ4n) is 2.58. The maximum atomic E-state index is 12.0. The predicted molar refractivity (Wildman–Crippen MR) is 70.8 cm³/mol. The largest absolute Gasteiger partial charge is 0.330 e. The van der Waals surface area contributed by atoms with Crippen LogP contribution in [0.3, 0.4) is 0 Å². The maximum Gasteiger partial charge on any atom is 0.330 e. The van der Waals surface area contributed by atoms with Gasteiger partial charge in [0.2, 0.25) is 0 Å². The van der Waals surface area contributed by atoms with Crippen LogP contribution in [0.1, 0.15) is 24.8 Å². The molecular weight excluding hydrogens is 230 g/mol. The summed E-state index contributed by atoms with van der Waals surface area (Å²) < 4.78 is 2.68. The first-order valence-corrected chi connectivity index (χ1v) is 6.56. The Labute approximate surface area is 106 Å². The van der Waals surface area contributed by atoms with Crippen LogP contribution >= 0.6 is 0 Å². The summed E-state index contributed by atoms with van der Waals surface area (Å²) in [5, 5.41) is 3.34. The molecular formula is C13H21N3O2. The Hall–Kier alpha value is -1.36. The molecule has 0 unspecified atom stereocenters. The molecule has 5 nitrogen and oxygen atoms in total. The molecule has 0 aromatic carbocycles. The van der Waals surface area contributed by atoms with E-state index >= 15 is 0 Å². The van der Waals surface area contributed by atoms with E-state index in [1.807, 2.05) is 0 Å². The number of nitrogens with zero attached hydrogens (tertiary/aromatic N) is 2. The second kappa shape index (κ2) is 5.52. The SMILES string of the molecule is Cn1cc(CCC2CCNCC2)c(=O)n(C)c1=O. The molecule has 1 aromatic heterocycles. The van der Waals surface area contributed by atoms with Gasteiger partial charge in [0.15, 0.2) is 0 Å². The topological polar surface area (TPSA) is 56.0 Å². The van der Waals surface area contributed by atoms with Gasteiger partial charge in [0, 0.05) is 25.9 Å². The second-order valence-corrected chi connectivity index (χ2v) is 5.14. The normalized spacial score (nSPS) is 17.0. The summed E-state index contributed by atoms with van der Waals surface area (Å²) in [7, 11) is 3.23. The van der Waals surface area contributed by atoms with Crippen LogP contribution in [-0.4, -0.2) is 22.2 Å². The lowest BCUT2D eigenvalue weighted by atomic mass is 9.92. The standard InChI is InChI=1S/C13H21N3O2/c1-15-9-11(12(17)16(2)13(15)18)4-3-10-5-7-14-8-6-10/h9-10,14H,3-8H2,1-2H3. The lowest BCUT2D eigenvalue weighted by Crippen LogP contribution is -2.38. The van der Waals surface area contributed by atoms with E-state index in [4.69, 9.17) is 0 Å². The quantitative estimate of drug-likeness (QED) is 0.824. The molecule has 2 heterocycles. The Balaban J connectivity index is 2.10. The lowest BCUT2D eigenvalue weighted by molar-refractivity contribution is 0.353. The van der Waals surface area contributed by atoms with Crippen molar-refractivity contribution in [1.82, 2.24) is 14.5 Å². The van der Waals surface area contributed by atoms with Crippen LogP contribution in [0.25, 0.3) is 0 Å². The Bertz CT molecular complexity index is 524. The fraction of sp³-hybridized carbons (Fsp3) is 0.692. The van der Waals surface area contributed by atoms with Crippen molar-refractivity contribution in [2.75, 3.05) is 13.1 Å². The number of aryl methyl sites for hydroxylation is 2. The van der Waals surface area contributed by atoms with Gasteiger partial charge in [-0.25, -0.2) is 4.79 Å². The molecule has 0 radical (unpaired) electrons. The summed E-state index contributed by atoms with van der Waals surface area (Å²) in [6.07, 6.45) is 5.87. The van der Waals surface area contributed by atoms with Crippen molar-refractivity contribution >= 4 is 0 Å². The molecule has 1 N–H and O–H groups in total. The van der Waals surface area contributed by atoms with Gasteiger partial charge in [-0.15, -0.1) is 0 Å². The molecule has 1 fully saturated rings. The second-order valence-electron chi connectivity index (χ2n) is 5.14. The van der Waals surface area contributed by atoms with Gasteiger partial charge in [-0.2, -0.15) is 0 Å². The van der Waals surface area contributed by atoms with Crippen molar-refractivity contribution in [3.05, 3.63) is 32.6 Å². The Morgan fingerprint density at radius 3 is 2.61 bits per heavy atom. The molecule has 5 heteroatoms. The van der Waals surface area contributed by atoms with Crippen LogP contribution in [0.4, 0.5) is 0 Å². The number of hydrogen-bond donors (Lipinski definition) is 1. The molecule has 0 bridgehead atoms. The molecule has 1 aromatic rings.